The van der Waals surface area contributed by atoms with Crippen LogP contribution in [0.2, 0.25) is 0 Å². The second kappa shape index (κ2) is 7.13. The molecule has 0 spiro atoms. The van der Waals surface area contributed by atoms with Crippen molar-refractivity contribution in [2.75, 3.05) is 20.1 Å². The average Bonchev–Trinajstić information content (AvgIpc) is 2.69. The van der Waals surface area contributed by atoms with E-state index in [1.165, 1.54) is 0 Å². The fourth-order valence-electron chi connectivity index (χ4n) is 2.61. The Hall–Kier alpha value is -0.770. The third-order valence-corrected chi connectivity index (χ3v) is 3.85. The van der Waals surface area contributed by atoms with Gasteiger partial charge in [0.25, 0.3) is 0 Å². The van der Waals surface area contributed by atoms with Crippen molar-refractivity contribution >= 4 is 6.03 Å². The molecule has 0 saturated heterocycles. The van der Waals surface area contributed by atoms with Gasteiger partial charge in [-0.1, -0.05) is 27.2 Å². The van der Waals surface area contributed by atoms with Gasteiger partial charge in [0, 0.05) is 26.1 Å². The molecular weight excluding hydrogens is 240 g/mol. The van der Waals surface area contributed by atoms with Crippen molar-refractivity contribution in [3.8, 4) is 0 Å². The summed E-state index contributed by atoms with van der Waals surface area (Å²) in [4.78, 5) is 13.6. The zero-order chi connectivity index (χ0) is 14.5. The molecule has 0 aromatic rings. The lowest BCUT2D eigenvalue weighted by molar-refractivity contribution is 0.114. The van der Waals surface area contributed by atoms with Gasteiger partial charge in [-0.25, -0.2) is 4.79 Å². The van der Waals surface area contributed by atoms with Crippen LogP contribution in [0.15, 0.2) is 0 Å². The smallest absolute Gasteiger partial charge is 0.317 e. The van der Waals surface area contributed by atoms with E-state index in [0.29, 0.717) is 12.0 Å². The predicted molar refractivity (Wildman–Crippen MR) is 78.1 cm³/mol. The largest absolute Gasteiger partial charge is 0.393 e. The number of nitrogens with zero attached hydrogens (tertiary/aromatic N) is 1. The first-order chi connectivity index (χ1) is 8.79. The average molecular weight is 270 g/mol. The van der Waals surface area contributed by atoms with Crippen LogP contribution in [-0.4, -0.2) is 42.3 Å². The second-order valence-electron chi connectivity index (χ2n) is 7.03. The number of aliphatic hydroxyl groups is 1. The minimum absolute atomic E-state index is 0.0204. The van der Waals surface area contributed by atoms with Crippen LogP contribution in [0, 0.1) is 11.3 Å². The molecule has 0 aromatic heterocycles. The molecule has 2 amide bonds. The molecule has 0 aromatic carbocycles. The first kappa shape index (κ1) is 16.3. The number of nitrogens with one attached hydrogen (secondary N) is 1. The Morgan fingerprint density at radius 1 is 1.37 bits per heavy atom. The van der Waals surface area contributed by atoms with Gasteiger partial charge in [0.15, 0.2) is 0 Å². The number of hydrogen-bond acceptors (Lipinski definition) is 2. The van der Waals surface area contributed by atoms with E-state index in [1.54, 1.807) is 4.90 Å². The van der Waals surface area contributed by atoms with Crippen molar-refractivity contribution < 1.29 is 9.90 Å². The Morgan fingerprint density at radius 3 is 2.58 bits per heavy atom. The first-order valence-electron chi connectivity index (χ1n) is 7.46. The minimum atomic E-state index is -0.226. The molecule has 1 fully saturated rings. The lowest BCUT2D eigenvalue weighted by Gasteiger charge is -2.24. The van der Waals surface area contributed by atoms with E-state index >= 15 is 0 Å². The zero-order valence-corrected chi connectivity index (χ0v) is 12.9. The maximum absolute atomic E-state index is 11.9. The van der Waals surface area contributed by atoms with Crippen LogP contribution in [0.3, 0.4) is 0 Å². The maximum atomic E-state index is 11.9. The Morgan fingerprint density at radius 2 is 2.05 bits per heavy atom. The van der Waals surface area contributed by atoms with Crippen molar-refractivity contribution in [2.45, 2.75) is 59.0 Å². The van der Waals surface area contributed by atoms with Crippen LogP contribution in [0.4, 0.5) is 4.79 Å². The van der Waals surface area contributed by atoms with E-state index in [1.807, 2.05) is 7.05 Å². The van der Waals surface area contributed by atoms with Gasteiger partial charge in [-0.3, -0.25) is 0 Å². The van der Waals surface area contributed by atoms with Crippen LogP contribution in [0.1, 0.15) is 52.9 Å². The number of carbonyl (C=O) groups excluding carboxylic acids is 1. The standard InChI is InChI=1S/C15H30N2O2/c1-15(2,3)9-6-10-16-14(19)17(4)11-12-7-5-8-13(12)18/h12-13,18H,5-11H2,1-4H3,(H,16,19). The lowest BCUT2D eigenvalue weighted by atomic mass is 9.91. The van der Waals surface area contributed by atoms with Gasteiger partial charge in [-0.2, -0.15) is 0 Å². The summed E-state index contributed by atoms with van der Waals surface area (Å²) in [5.74, 6) is 0.255. The summed E-state index contributed by atoms with van der Waals surface area (Å²) in [5, 5.41) is 12.7. The Bertz CT molecular complexity index is 286. The summed E-state index contributed by atoms with van der Waals surface area (Å²) in [6.45, 7) is 8.02. The van der Waals surface area contributed by atoms with Crippen LogP contribution >= 0.6 is 0 Å². The monoisotopic (exact) mass is 270 g/mol. The summed E-state index contributed by atoms with van der Waals surface area (Å²) in [6, 6.07) is -0.0204. The predicted octanol–water partition coefficient (Wildman–Crippen LogP) is 2.62. The Kier molecular flexibility index (Phi) is 6.11. The molecule has 4 heteroatoms. The Balaban J connectivity index is 2.18. The Labute approximate surface area is 117 Å². The molecule has 2 N–H and O–H groups in total. The van der Waals surface area contributed by atoms with Crippen LogP contribution < -0.4 is 5.32 Å². The van der Waals surface area contributed by atoms with Gasteiger partial charge in [-0.05, 0) is 31.1 Å². The quantitative estimate of drug-likeness (QED) is 0.755. The molecule has 2 atom stereocenters. The van der Waals surface area contributed by atoms with Crippen LogP contribution in [-0.2, 0) is 0 Å². The third kappa shape index (κ3) is 6.28. The molecule has 0 bridgehead atoms. The normalized spacial score (nSPS) is 23.4. The molecule has 1 rings (SSSR count). The SMILES string of the molecule is CN(CC1CCCC1O)C(=O)NCCCC(C)(C)C. The van der Waals surface area contributed by atoms with E-state index in [9.17, 15) is 9.90 Å². The number of urea groups is 1. The number of rotatable bonds is 5. The second-order valence-corrected chi connectivity index (χ2v) is 7.03. The molecule has 2 unspecified atom stereocenters. The van der Waals surface area contributed by atoms with Crippen molar-refractivity contribution in [1.29, 1.82) is 0 Å². The van der Waals surface area contributed by atoms with Crippen molar-refractivity contribution in [3.63, 3.8) is 0 Å². The topological polar surface area (TPSA) is 52.6 Å². The lowest BCUT2D eigenvalue weighted by Crippen LogP contribution is -2.41. The molecule has 0 aliphatic heterocycles. The number of carbonyl (C=O) groups is 1. The summed E-state index contributed by atoms with van der Waals surface area (Å²) in [5.41, 5.74) is 0.324. The fraction of sp³-hybridized carbons (Fsp3) is 0.933. The molecule has 1 aliphatic carbocycles. The zero-order valence-electron chi connectivity index (χ0n) is 12.9. The maximum Gasteiger partial charge on any atom is 0.317 e. The number of aliphatic hydroxyl groups excluding tert-OH is 1. The molecule has 1 saturated carbocycles. The van der Waals surface area contributed by atoms with E-state index in [2.05, 4.69) is 26.1 Å². The van der Waals surface area contributed by atoms with E-state index in [-0.39, 0.29) is 18.1 Å². The molecule has 19 heavy (non-hydrogen) atoms. The van der Waals surface area contributed by atoms with E-state index in [4.69, 9.17) is 0 Å². The van der Waals surface area contributed by atoms with E-state index in [0.717, 1.165) is 38.6 Å². The number of amides is 2. The molecular formula is C15H30N2O2. The van der Waals surface area contributed by atoms with Gasteiger partial charge in [0.2, 0.25) is 0 Å². The summed E-state index contributed by atoms with van der Waals surface area (Å²) in [7, 11) is 1.81. The van der Waals surface area contributed by atoms with E-state index < -0.39 is 0 Å². The van der Waals surface area contributed by atoms with Crippen molar-refractivity contribution in [1.82, 2.24) is 10.2 Å². The summed E-state index contributed by atoms with van der Waals surface area (Å²) in [6.07, 6.45) is 4.88. The van der Waals surface area contributed by atoms with Crippen LogP contribution in [0.25, 0.3) is 0 Å². The molecule has 112 valence electrons. The molecule has 1 aliphatic rings. The van der Waals surface area contributed by atoms with Gasteiger partial charge in [-0.15, -0.1) is 0 Å². The molecule has 0 heterocycles. The highest BCUT2D eigenvalue weighted by atomic mass is 16.3. The summed E-state index contributed by atoms with van der Waals surface area (Å²) < 4.78 is 0. The number of hydrogen-bond donors (Lipinski definition) is 2. The first-order valence-corrected chi connectivity index (χ1v) is 7.46. The van der Waals surface area contributed by atoms with Gasteiger partial charge >= 0.3 is 6.03 Å². The van der Waals surface area contributed by atoms with Crippen molar-refractivity contribution in [3.05, 3.63) is 0 Å². The third-order valence-electron chi connectivity index (χ3n) is 3.85. The molecule has 0 radical (unpaired) electrons. The fourth-order valence-corrected chi connectivity index (χ4v) is 2.61. The van der Waals surface area contributed by atoms with Crippen LogP contribution in [0.5, 0.6) is 0 Å². The van der Waals surface area contributed by atoms with Gasteiger partial charge < -0.3 is 15.3 Å². The van der Waals surface area contributed by atoms with Gasteiger partial charge in [0.1, 0.15) is 0 Å². The van der Waals surface area contributed by atoms with Gasteiger partial charge in [0.05, 0.1) is 6.10 Å². The minimum Gasteiger partial charge on any atom is -0.393 e. The molecule has 4 nitrogen and oxygen atoms in total. The van der Waals surface area contributed by atoms with Crippen molar-refractivity contribution in [2.24, 2.45) is 11.3 Å². The highest BCUT2D eigenvalue weighted by molar-refractivity contribution is 5.73. The highest BCUT2D eigenvalue weighted by Gasteiger charge is 2.27. The summed E-state index contributed by atoms with van der Waals surface area (Å²) >= 11 is 0. The highest BCUT2D eigenvalue weighted by Crippen LogP contribution is 2.26.